The lowest BCUT2D eigenvalue weighted by Gasteiger charge is -2.15. The third-order valence-corrected chi connectivity index (χ3v) is 11.1. The molecular formula is C50H30N6. The Bertz CT molecular complexity index is 3540. The largest absolute Gasteiger partial charge is 0.294 e. The van der Waals surface area contributed by atoms with Crippen LogP contribution in [0.1, 0.15) is 0 Å². The normalized spacial score (nSPS) is 11.9. The maximum atomic E-state index is 5.31. The van der Waals surface area contributed by atoms with Crippen molar-refractivity contribution in [2.24, 2.45) is 0 Å². The molecule has 0 atom stereocenters. The van der Waals surface area contributed by atoms with Crippen molar-refractivity contribution in [3.8, 4) is 39.9 Å². The molecule has 0 amide bonds. The fraction of sp³-hybridized carbons (Fsp3) is 0. The number of rotatable bonds is 4. The molecule has 0 saturated heterocycles. The van der Waals surface area contributed by atoms with Gasteiger partial charge in [0.15, 0.2) is 17.5 Å². The number of fused-ring (bicyclic) bond motifs is 11. The van der Waals surface area contributed by atoms with Gasteiger partial charge in [-0.1, -0.05) is 140 Å². The highest BCUT2D eigenvalue weighted by molar-refractivity contribution is 6.15. The maximum Gasteiger partial charge on any atom is 0.166 e. The maximum absolute atomic E-state index is 5.31. The second-order valence-electron chi connectivity index (χ2n) is 14.3. The molecule has 0 aliphatic rings. The van der Waals surface area contributed by atoms with Gasteiger partial charge in [-0.05, 0) is 69.4 Å². The number of nitrogens with zero attached hydrogens (tertiary/aromatic N) is 6. The summed E-state index contributed by atoms with van der Waals surface area (Å²) in [5.41, 5.74) is 8.80. The molecule has 12 aromatic rings. The van der Waals surface area contributed by atoms with Crippen molar-refractivity contribution in [3.63, 3.8) is 0 Å². The van der Waals surface area contributed by atoms with E-state index in [0.29, 0.717) is 17.5 Å². The van der Waals surface area contributed by atoms with Crippen molar-refractivity contribution in [1.82, 2.24) is 28.9 Å². The van der Waals surface area contributed by atoms with Crippen LogP contribution in [-0.2, 0) is 0 Å². The molecule has 260 valence electrons. The van der Waals surface area contributed by atoms with Gasteiger partial charge >= 0.3 is 0 Å². The number of imidazole rings is 1. The van der Waals surface area contributed by atoms with Gasteiger partial charge in [-0.2, -0.15) is 0 Å². The highest BCUT2D eigenvalue weighted by atomic mass is 15.1. The van der Waals surface area contributed by atoms with Gasteiger partial charge in [0, 0.05) is 32.8 Å². The van der Waals surface area contributed by atoms with Crippen LogP contribution >= 0.6 is 0 Å². The van der Waals surface area contributed by atoms with E-state index in [1.165, 1.54) is 16.2 Å². The number of aromatic nitrogens is 6. The molecular weight excluding hydrogens is 685 g/mol. The number of hydrogen-bond donors (Lipinski definition) is 0. The van der Waals surface area contributed by atoms with Crippen molar-refractivity contribution in [1.29, 1.82) is 0 Å². The molecule has 0 N–H and O–H groups in total. The smallest absolute Gasteiger partial charge is 0.166 e. The molecule has 0 saturated carbocycles. The Balaban J connectivity index is 1.21. The van der Waals surface area contributed by atoms with E-state index < -0.39 is 0 Å². The highest BCUT2D eigenvalue weighted by Crippen LogP contribution is 2.40. The Morgan fingerprint density at radius 3 is 1.82 bits per heavy atom. The second kappa shape index (κ2) is 11.9. The summed E-state index contributed by atoms with van der Waals surface area (Å²) in [6.07, 6.45) is 0. The molecule has 56 heavy (non-hydrogen) atoms. The summed E-state index contributed by atoms with van der Waals surface area (Å²) in [6.45, 7) is 0. The molecule has 6 heteroatoms. The van der Waals surface area contributed by atoms with Crippen LogP contribution in [0.4, 0.5) is 0 Å². The quantitative estimate of drug-likeness (QED) is 0.182. The number of hydrogen-bond acceptors (Lipinski definition) is 4. The fourth-order valence-electron chi connectivity index (χ4n) is 8.55. The van der Waals surface area contributed by atoms with E-state index in [0.717, 1.165) is 77.2 Å². The van der Waals surface area contributed by atoms with Crippen LogP contribution in [0.5, 0.6) is 0 Å². The summed E-state index contributed by atoms with van der Waals surface area (Å²) in [5.74, 6) is 1.85. The summed E-state index contributed by atoms with van der Waals surface area (Å²) in [6, 6.07) is 63.8. The third kappa shape index (κ3) is 4.56. The van der Waals surface area contributed by atoms with Gasteiger partial charge in [0.05, 0.1) is 22.2 Å². The molecule has 0 spiro atoms. The van der Waals surface area contributed by atoms with Crippen LogP contribution in [0.15, 0.2) is 182 Å². The van der Waals surface area contributed by atoms with E-state index in [4.69, 9.17) is 19.9 Å². The van der Waals surface area contributed by atoms with Gasteiger partial charge < -0.3 is 0 Å². The SMILES string of the molecule is c1ccc(-c2nc(-c3ccccc3-n3c4cc5ccccc5cc4c4ccc5nc6c7ccccc7ccc6n5c43)nc(-c3cccc4ccccc34)n2)cc1. The molecule has 0 fully saturated rings. The molecule has 0 bridgehead atoms. The minimum Gasteiger partial charge on any atom is -0.294 e. The summed E-state index contributed by atoms with van der Waals surface area (Å²) in [4.78, 5) is 20.9. The number of pyridine rings is 1. The molecule has 4 aromatic heterocycles. The lowest BCUT2D eigenvalue weighted by Crippen LogP contribution is -2.05. The average molecular weight is 715 g/mol. The first-order chi connectivity index (χ1) is 27.8. The van der Waals surface area contributed by atoms with E-state index in [9.17, 15) is 0 Å². The zero-order valence-corrected chi connectivity index (χ0v) is 30.0. The fourth-order valence-corrected chi connectivity index (χ4v) is 8.55. The van der Waals surface area contributed by atoms with Gasteiger partial charge in [-0.25, -0.2) is 19.9 Å². The van der Waals surface area contributed by atoms with Crippen LogP contribution in [0.3, 0.4) is 0 Å². The number of benzene rings is 8. The van der Waals surface area contributed by atoms with Crippen molar-refractivity contribution in [2.75, 3.05) is 0 Å². The van der Waals surface area contributed by atoms with Gasteiger partial charge in [-0.15, -0.1) is 0 Å². The Morgan fingerprint density at radius 1 is 0.357 bits per heavy atom. The van der Waals surface area contributed by atoms with E-state index in [1.54, 1.807) is 0 Å². The first-order valence-corrected chi connectivity index (χ1v) is 18.8. The van der Waals surface area contributed by atoms with Crippen LogP contribution in [0.2, 0.25) is 0 Å². The number of para-hydroxylation sites is 1. The molecule has 12 rings (SSSR count). The molecule has 8 aromatic carbocycles. The highest BCUT2D eigenvalue weighted by Gasteiger charge is 2.23. The standard InChI is InChI=1S/C50H30N6/c1-2-15-33(16-3-1)47-52-48(38-23-12-19-31-13-6-8-20-36(31)38)54-49(53-47)40-22-10-11-24-42(40)55-44-30-35-18-5-4-17-34(35)29-41(44)39-26-28-45-51-46-37-21-9-7-14-32(37)25-27-43(46)56(45)50(39)55/h1-30H. The lowest BCUT2D eigenvalue weighted by atomic mass is 10.0. The average Bonchev–Trinajstić information content (AvgIpc) is 3.81. The molecule has 0 radical (unpaired) electrons. The van der Waals surface area contributed by atoms with E-state index in [1.807, 2.05) is 18.2 Å². The molecule has 4 heterocycles. The minimum absolute atomic E-state index is 0.599. The summed E-state index contributed by atoms with van der Waals surface area (Å²) >= 11 is 0. The molecule has 0 aliphatic carbocycles. The van der Waals surface area contributed by atoms with Crippen LogP contribution in [-0.4, -0.2) is 28.9 Å². The van der Waals surface area contributed by atoms with Gasteiger partial charge in [0.25, 0.3) is 0 Å². The van der Waals surface area contributed by atoms with Crippen LogP contribution in [0.25, 0.3) is 111 Å². The minimum atomic E-state index is 0.599. The van der Waals surface area contributed by atoms with Crippen LogP contribution in [0, 0.1) is 0 Å². The zero-order valence-electron chi connectivity index (χ0n) is 30.0. The van der Waals surface area contributed by atoms with Crippen LogP contribution < -0.4 is 0 Å². The van der Waals surface area contributed by atoms with Gasteiger partial charge in [0.2, 0.25) is 0 Å². The summed E-state index contributed by atoms with van der Waals surface area (Å²) in [5, 5.41) is 9.19. The third-order valence-electron chi connectivity index (χ3n) is 11.1. The van der Waals surface area contributed by atoms with Gasteiger partial charge in [0.1, 0.15) is 11.3 Å². The van der Waals surface area contributed by atoms with Crippen molar-refractivity contribution < 1.29 is 0 Å². The predicted molar refractivity (Wildman–Crippen MR) is 229 cm³/mol. The summed E-state index contributed by atoms with van der Waals surface area (Å²) < 4.78 is 4.71. The Hall–Kier alpha value is -7.70. The Morgan fingerprint density at radius 2 is 0.982 bits per heavy atom. The second-order valence-corrected chi connectivity index (χ2v) is 14.3. The van der Waals surface area contributed by atoms with E-state index in [2.05, 4.69) is 173 Å². The summed E-state index contributed by atoms with van der Waals surface area (Å²) in [7, 11) is 0. The van der Waals surface area contributed by atoms with Crippen molar-refractivity contribution in [3.05, 3.63) is 182 Å². The Labute approximate surface area is 320 Å². The van der Waals surface area contributed by atoms with E-state index in [-0.39, 0.29) is 0 Å². The first-order valence-electron chi connectivity index (χ1n) is 18.8. The molecule has 0 aliphatic heterocycles. The topological polar surface area (TPSA) is 60.9 Å². The zero-order chi connectivity index (χ0) is 36.7. The Kier molecular flexibility index (Phi) is 6.53. The lowest BCUT2D eigenvalue weighted by molar-refractivity contribution is 1.06. The first kappa shape index (κ1) is 30.7. The van der Waals surface area contributed by atoms with Gasteiger partial charge in [-0.3, -0.25) is 8.97 Å². The van der Waals surface area contributed by atoms with Crippen molar-refractivity contribution >= 4 is 70.9 Å². The monoisotopic (exact) mass is 714 g/mol. The van der Waals surface area contributed by atoms with Crippen molar-refractivity contribution in [2.45, 2.75) is 0 Å². The molecule has 6 nitrogen and oxygen atoms in total. The van der Waals surface area contributed by atoms with E-state index >= 15 is 0 Å². The molecule has 0 unspecified atom stereocenters. The predicted octanol–water partition coefficient (Wildman–Crippen LogP) is 12.2.